The number of hydrogen-bond acceptors (Lipinski definition) is 4. The van der Waals surface area contributed by atoms with Gasteiger partial charge >= 0.3 is 0 Å². The summed E-state index contributed by atoms with van der Waals surface area (Å²) in [5.41, 5.74) is 0.553. The van der Waals surface area contributed by atoms with Gasteiger partial charge in [-0.3, -0.25) is 9.89 Å². The standard InChI is InChI=1S/C8H9N5O/c14-7-2-1-6-10-11-8(13(6)12-7)5-3-9-4-5/h1-2,5,9H,3-4H2,(H,12,14). The fourth-order valence-electron chi connectivity index (χ4n) is 1.56. The third-order valence-electron chi connectivity index (χ3n) is 2.47. The van der Waals surface area contributed by atoms with Crippen LogP contribution in [0, 0.1) is 0 Å². The molecule has 3 heterocycles. The van der Waals surface area contributed by atoms with Crippen LogP contribution in [0.1, 0.15) is 11.7 Å². The highest BCUT2D eigenvalue weighted by Crippen LogP contribution is 2.16. The van der Waals surface area contributed by atoms with Crippen LogP contribution in [0.3, 0.4) is 0 Å². The van der Waals surface area contributed by atoms with Gasteiger partial charge in [0, 0.05) is 25.1 Å². The number of aromatic amines is 1. The Kier molecular flexibility index (Phi) is 1.45. The van der Waals surface area contributed by atoms with E-state index >= 15 is 0 Å². The minimum absolute atomic E-state index is 0.133. The molecule has 2 aromatic heterocycles. The lowest BCUT2D eigenvalue weighted by Crippen LogP contribution is -2.41. The fraction of sp³-hybridized carbons (Fsp3) is 0.375. The minimum Gasteiger partial charge on any atom is -0.315 e. The Hall–Kier alpha value is -1.69. The van der Waals surface area contributed by atoms with Gasteiger partial charge in [0.1, 0.15) is 0 Å². The number of aromatic nitrogens is 4. The second-order valence-electron chi connectivity index (χ2n) is 3.42. The van der Waals surface area contributed by atoms with Crippen molar-refractivity contribution in [3.8, 4) is 0 Å². The van der Waals surface area contributed by atoms with Gasteiger partial charge in [0.2, 0.25) is 0 Å². The predicted octanol–water partition coefficient (Wildman–Crippen LogP) is -0.896. The quantitative estimate of drug-likeness (QED) is 0.612. The molecule has 1 aliphatic rings. The third-order valence-corrected chi connectivity index (χ3v) is 2.47. The summed E-state index contributed by atoms with van der Waals surface area (Å²) < 4.78 is 1.66. The van der Waals surface area contributed by atoms with Crippen LogP contribution >= 0.6 is 0 Å². The second-order valence-corrected chi connectivity index (χ2v) is 3.42. The average molecular weight is 191 g/mol. The molecule has 0 unspecified atom stereocenters. The lowest BCUT2D eigenvalue weighted by molar-refractivity contribution is 0.422. The molecule has 1 fully saturated rings. The summed E-state index contributed by atoms with van der Waals surface area (Å²) in [6, 6.07) is 3.12. The van der Waals surface area contributed by atoms with Gasteiger partial charge in [-0.15, -0.1) is 10.2 Å². The topological polar surface area (TPSA) is 75.1 Å². The molecule has 3 rings (SSSR count). The van der Waals surface area contributed by atoms with Gasteiger partial charge in [-0.05, 0) is 6.07 Å². The molecular weight excluding hydrogens is 182 g/mol. The molecule has 0 amide bonds. The monoisotopic (exact) mass is 191 g/mol. The molecule has 2 aromatic rings. The van der Waals surface area contributed by atoms with Crippen LogP contribution in [0.2, 0.25) is 0 Å². The first kappa shape index (κ1) is 7.69. The Morgan fingerprint density at radius 2 is 2.21 bits per heavy atom. The summed E-state index contributed by atoms with van der Waals surface area (Å²) in [5.74, 6) is 1.19. The summed E-state index contributed by atoms with van der Waals surface area (Å²) in [6.45, 7) is 1.80. The van der Waals surface area contributed by atoms with Crippen molar-refractivity contribution in [3.63, 3.8) is 0 Å². The van der Waals surface area contributed by atoms with Crippen molar-refractivity contribution in [2.75, 3.05) is 13.1 Å². The summed E-state index contributed by atoms with van der Waals surface area (Å²) in [4.78, 5) is 11.1. The summed E-state index contributed by atoms with van der Waals surface area (Å²) in [7, 11) is 0. The molecule has 0 radical (unpaired) electrons. The summed E-state index contributed by atoms with van der Waals surface area (Å²) in [6.07, 6.45) is 0. The number of H-pyrrole nitrogens is 1. The van der Waals surface area contributed by atoms with Gasteiger partial charge in [0.15, 0.2) is 11.5 Å². The van der Waals surface area contributed by atoms with Crippen molar-refractivity contribution >= 4 is 5.65 Å². The maximum Gasteiger partial charge on any atom is 0.263 e. The zero-order valence-electron chi connectivity index (χ0n) is 7.40. The summed E-state index contributed by atoms with van der Waals surface area (Å²) >= 11 is 0. The van der Waals surface area contributed by atoms with Crippen molar-refractivity contribution in [2.24, 2.45) is 0 Å². The van der Waals surface area contributed by atoms with Crippen LogP contribution in [-0.2, 0) is 0 Å². The second kappa shape index (κ2) is 2.65. The summed E-state index contributed by atoms with van der Waals surface area (Å²) in [5, 5.41) is 13.9. The van der Waals surface area contributed by atoms with Crippen molar-refractivity contribution in [1.29, 1.82) is 0 Å². The first-order valence-corrected chi connectivity index (χ1v) is 4.50. The smallest absolute Gasteiger partial charge is 0.263 e. The molecule has 1 saturated heterocycles. The molecule has 14 heavy (non-hydrogen) atoms. The number of fused-ring (bicyclic) bond motifs is 1. The number of rotatable bonds is 1. The number of hydrogen-bond donors (Lipinski definition) is 2. The highest BCUT2D eigenvalue weighted by atomic mass is 16.1. The van der Waals surface area contributed by atoms with Crippen molar-refractivity contribution in [3.05, 3.63) is 28.3 Å². The molecule has 0 spiro atoms. The van der Waals surface area contributed by atoms with E-state index in [0.717, 1.165) is 18.9 Å². The van der Waals surface area contributed by atoms with E-state index in [-0.39, 0.29) is 5.56 Å². The van der Waals surface area contributed by atoms with E-state index in [2.05, 4.69) is 20.6 Å². The minimum atomic E-state index is -0.133. The van der Waals surface area contributed by atoms with E-state index in [4.69, 9.17) is 0 Å². The normalized spacial score (nSPS) is 17.1. The first-order valence-electron chi connectivity index (χ1n) is 4.50. The molecule has 72 valence electrons. The number of nitrogens with zero attached hydrogens (tertiary/aromatic N) is 3. The molecule has 0 saturated carbocycles. The molecule has 6 nitrogen and oxygen atoms in total. The van der Waals surface area contributed by atoms with Crippen molar-refractivity contribution in [1.82, 2.24) is 25.1 Å². The fourth-order valence-corrected chi connectivity index (χ4v) is 1.56. The molecule has 0 aromatic carbocycles. The first-order chi connectivity index (χ1) is 6.84. The van der Waals surface area contributed by atoms with Crippen molar-refractivity contribution in [2.45, 2.75) is 5.92 Å². The van der Waals surface area contributed by atoms with Gasteiger partial charge < -0.3 is 5.32 Å². The van der Waals surface area contributed by atoms with Gasteiger partial charge in [-0.1, -0.05) is 0 Å². The zero-order chi connectivity index (χ0) is 9.54. The van der Waals surface area contributed by atoms with Crippen LogP contribution < -0.4 is 10.9 Å². The molecule has 2 N–H and O–H groups in total. The van der Waals surface area contributed by atoms with E-state index in [1.165, 1.54) is 6.07 Å². The largest absolute Gasteiger partial charge is 0.315 e. The van der Waals surface area contributed by atoms with E-state index < -0.39 is 0 Å². The zero-order valence-corrected chi connectivity index (χ0v) is 7.40. The molecular formula is C8H9N5O. The van der Waals surface area contributed by atoms with Crippen molar-refractivity contribution < 1.29 is 0 Å². The van der Waals surface area contributed by atoms with E-state index in [1.54, 1.807) is 10.6 Å². The third kappa shape index (κ3) is 0.973. The van der Waals surface area contributed by atoms with Gasteiger partial charge in [0.05, 0.1) is 0 Å². The lowest BCUT2D eigenvalue weighted by Gasteiger charge is -2.24. The van der Waals surface area contributed by atoms with Crippen LogP contribution in [0.4, 0.5) is 0 Å². The molecule has 1 aliphatic heterocycles. The highest BCUT2D eigenvalue weighted by Gasteiger charge is 2.24. The predicted molar refractivity (Wildman–Crippen MR) is 49.2 cm³/mol. The maximum absolute atomic E-state index is 11.1. The Labute approximate surface area is 78.9 Å². The molecule has 6 heteroatoms. The van der Waals surface area contributed by atoms with Gasteiger partial charge in [-0.2, -0.15) is 0 Å². The van der Waals surface area contributed by atoms with E-state index in [1.807, 2.05) is 0 Å². The molecule has 0 bridgehead atoms. The average Bonchev–Trinajstić information content (AvgIpc) is 2.46. The Morgan fingerprint density at radius 1 is 1.36 bits per heavy atom. The SMILES string of the molecule is O=c1ccc2nnc(C3CNC3)n2[nH]1. The van der Waals surface area contributed by atoms with Crippen LogP contribution in [0.15, 0.2) is 16.9 Å². The Bertz CT molecular complexity index is 524. The highest BCUT2D eigenvalue weighted by molar-refractivity contribution is 5.35. The van der Waals surface area contributed by atoms with Crippen LogP contribution in [-0.4, -0.2) is 32.9 Å². The van der Waals surface area contributed by atoms with E-state index in [9.17, 15) is 4.79 Å². The lowest BCUT2D eigenvalue weighted by atomic mass is 10.0. The molecule has 0 aliphatic carbocycles. The van der Waals surface area contributed by atoms with Crippen LogP contribution in [0.25, 0.3) is 5.65 Å². The van der Waals surface area contributed by atoms with Gasteiger partial charge in [-0.25, -0.2) is 4.52 Å². The Morgan fingerprint density at radius 3 is 2.93 bits per heavy atom. The Balaban J connectivity index is 2.23. The molecule has 0 atom stereocenters. The number of nitrogens with one attached hydrogen (secondary N) is 2. The van der Waals surface area contributed by atoms with Gasteiger partial charge in [0.25, 0.3) is 5.56 Å². The van der Waals surface area contributed by atoms with E-state index in [0.29, 0.717) is 11.6 Å². The van der Waals surface area contributed by atoms with Crippen LogP contribution in [0.5, 0.6) is 0 Å². The maximum atomic E-state index is 11.1.